The van der Waals surface area contributed by atoms with Crippen molar-refractivity contribution in [3.63, 3.8) is 0 Å². The van der Waals surface area contributed by atoms with Crippen molar-refractivity contribution in [1.29, 1.82) is 0 Å². The van der Waals surface area contributed by atoms with Gasteiger partial charge in [0.15, 0.2) is 5.60 Å². The van der Waals surface area contributed by atoms with Crippen molar-refractivity contribution in [2.24, 2.45) is 17.3 Å². The zero-order chi connectivity index (χ0) is 20.1. The number of hydrogen-bond donors (Lipinski definition) is 0. The molecule has 148 valence electrons. The van der Waals surface area contributed by atoms with E-state index in [4.69, 9.17) is 15.9 Å². The lowest BCUT2D eigenvalue weighted by atomic mass is 9.53. The standard InChI is InChI=1S/C24H28O4/c1-5-24(28-16(3)26)13-11-22-21-8-6-17-14-18(27-15(2)25)7-9-19(17)20(21)10-12-23(22,24)4/h1,7,9,14,20-22H,6,8,10-13H2,2-4H3. The second kappa shape index (κ2) is 6.65. The van der Waals surface area contributed by atoms with Crippen molar-refractivity contribution in [2.75, 3.05) is 0 Å². The van der Waals surface area contributed by atoms with Gasteiger partial charge in [0.05, 0.1) is 0 Å². The summed E-state index contributed by atoms with van der Waals surface area (Å²) in [6, 6.07) is 6.08. The van der Waals surface area contributed by atoms with Gasteiger partial charge in [-0.1, -0.05) is 18.9 Å². The minimum absolute atomic E-state index is 0.163. The van der Waals surface area contributed by atoms with Gasteiger partial charge in [-0.05, 0) is 79.5 Å². The SMILES string of the molecule is C#CC1(OC(C)=O)CCC2C3CCc4cc(OC(C)=O)ccc4C3CCC21C. The van der Waals surface area contributed by atoms with Crippen LogP contribution in [-0.4, -0.2) is 17.5 Å². The molecule has 1 aromatic carbocycles. The van der Waals surface area contributed by atoms with E-state index in [-0.39, 0.29) is 17.4 Å². The number of terminal acetylenes is 1. The third-order valence-corrected chi connectivity index (χ3v) is 7.63. The fraction of sp³-hybridized carbons (Fsp3) is 0.583. The highest BCUT2D eigenvalue weighted by atomic mass is 16.6. The number of carbonyl (C=O) groups is 2. The van der Waals surface area contributed by atoms with Crippen LogP contribution in [0, 0.1) is 29.6 Å². The van der Waals surface area contributed by atoms with Crippen molar-refractivity contribution in [3.05, 3.63) is 29.3 Å². The highest BCUT2D eigenvalue weighted by Gasteiger charge is 2.63. The van der Waals surface area contributed by atoms with Gasteiger partial charge in [0, 0.05) is 19.3 Å². The molecule has 3 aliphatic rings. The van der Waals surface area contributed by atoms with E-state index >= 15 is 0 Å². The summed E-state index contributed by atoms with van der Waals surface area (Å²) in [4.78, 5) is 23.0. The van der Waals surface area contributed by atoms with Gasteiger partial charge < -0.3 is 9.47 Å². The first-order chi connectivity index (χ1) is 13.3. The summed E-state index contributed by atoms with van der Waals surface area (Å²) in [5.74, 6) is 4.47. The predicted molar refractivity (Wildman–Crippen MR) is 106 cm³/mol. The maximum Gasteiger partial charge on any atom is 0.308 e. The summed E-state index contributed by atoms with van der Waals surface area (Å²) in [5, 5.41) is 0. The average Bonchev–Trinajstić information content (AvgIpc) is 2.93. The monoisotopic (exact) mass is 380 g/mol. The topological polar surface area (TPSA) is 52.6 Å². The summed E-state index contributed by atoms with van der Waals surface area (Å²) in [6.07, 6.45) is 11.8. The van der Waals surface area contributed by atoms with Gasteiger partial charge in [-0.2, -0.15) is 0 Å². The van der Waals surface area contributed by atoms with Crippen LogP contribution in [0.4, 0.5) is 0 Å². The van der Waals surface area contributed by atoms with Gasteiger partial charge >= 0.3 is 11.9 Å². The van der Waals surface area contributed by atoms with Crippen molar-refractivity contribution in [2.45, 2.75) is 70.8 Å². The summed E-state index contributed by atoms with van der Waals surface area (Å²) in [7, 11) is 0. The molecule has 3 aliphatic carbocycles. The molecule has 2 saturated carbocycles. The average molecular weight is 380 g/mol. The van der Waals surface area contributed by atoms with Gasteiger partial charge in [-0.3, -0.25) is 9.59 Å². The van der Waals surface area contributed by atoms with Gasteiger partial charge in [-0.15, -0.1) is 6.42 Å². The molecule has 4 heteroatoms. The Bertz CT molecular complexity index is 866. The zero-order valence-electron chi connectivity index (χ0n) is 16.9. The molecule has 0 N–H and O–H groups in total. The first-order valence-electron chi connectivity index (χ1n) is 10.3. The van der Waals surface area contributed by atoms with Crippen molar-refractivity contribution >= 4 is 11.9 Å². The number of esters is 2. The Hall–Kier alpha value is -2.28. The van der Waals surface area contributed by atoms with Crippen molar-refractivity contribution in [1.82, 2.24) is 0 Å². The summed E-state index contributed by atoms with van der Waals surface area (Å²) in [6.45, 7) is 5.13. The summed E-state index contributed by atoms with van der Waals surface area (Å²) in [5.41, 5.74) is 1.75. The minimum Gasteiger partial charge on any atom is -0.445 e. The molecule has 4 nitrogen and oxygen atoms in total. The molecule has 0 radical (unpaired) electrons. The van der Waals surface area contributed by atoms with E-state index in [1.165, 1.54) is 25.0 Å². The third-order valence-electron chi connectivity index (χ3n) is 7.63. The Kier molecular flexibility index (Phi) is 4.53. The molecule has 0 amide bonds. The van der Waals surface area contributed by atoms with Gasteiger partial charge in [0.1, 0.15) is 5.75 Å². The van der Waals surface area contributed by atoms with E-state index in [2.05, 4.69) is 18.9 Å². The molecule has 2 fully saturated rings. The Morgan fingerprint density at radius 3 is 2.61 bits per heavy atom. The molecule has 28 heavy (non-hydrogen) atoms. The number of carbonyl (C=O) groups excluding carboxylic acids is 2. The molecule has 0 saturated heterocycles. The fourth-order valence-corrected chi connectivity index (χ4v) is 6.47. The number of aryl methyl sites for hydroxylation is 1. The normalized spacial score (nSPS) is 35.7. The predicted octanol–water partition coefficient (Wildman–Crippen LogP) is 4.40. The van der Waals surface area contributed by atoms with Gasteiger partial charge in [0.25, 0.3) is 0 Å². The number of fused-ring (bicyclic) bond motifs is 5. The van der Waals surface area contributed by atoms with Crippen LogP contribution < -0.4 is 4.74 Å². The Balaban J connectivity index is 1.64. The molecule has 4 rings (SSSR count). The molecule has 0 spiro atoms. The van der Waals surface area contributed by atoms with E-state index in [0.717, 1.165) is 38.5 Å². The quantitative estimate of drug-likeness (QED) is 0.433. The zero-order valence-corrected chi connectivity index (χ0v) is 16.9. The molecule has 0 aliphatic heterocycles. The van der Waals surface area contributed by atoms with Crippen LogP contribution in [0.2, 0.25) is 0 Å². The maximum absolute atomic E-state index is 11.8. The maximum atomic E-state index is 11.8. The number of rotatable bonds is 2. The summed E-state index contributed by atoms with van der Waals surface area (Å²) >= 11 is 0. The van der Waals surface area contributed by atoms with Crippen LogP contribution in [0.3, 0.4) is 0 Å². The number of hydrogen-bond acceptors (Lipinski definition) is 4. The lowest BCUT2D eigenvalue weighted by molar-refractivity contribution is -0.165. The molecule has 1 aromatic rings. The Morgan fingerprint density at radius 1 is 1.14 bits per heavy atom. The second-order valence-electron chi connectivity index (χ2n) is 8.93. The number of ether oxygens (including phenoxy) is 2. The first kappa shape index (κ1) is 19.1. The lowest BCUT2D eigenvalue weighted by Crippen LogP contribution is -2.52. The largest absolute Gasteiger partial charge is 0.445 e. The van der Waals surface area contributed by atoms with Crippen LogP contribution in [0.25, 0.3) is 0 Å². The smallest absolute Gasteiger partial charge is 0.308 e. The van der Waals surface area contributed by atoms with Gasteiger partial charge in [0.2, 0.25) is 0 Å². The van der Waals surface area contributed by atoms with Crippen LogP contribution in [-0.2, 0) is 20.7 Å². The molecule has 5 unspecified atom stereocenters. The molecule has 0 bridgehead atoms. The van der Waals surface area contributed by atoms with E-state index in [9.17, 15) is 9.59 Å². The second-order valence-corrected chi connectivity index (χ2v) is 8.93. The first-order valence-corrected chi connectivity index (χ1v) is 10.3. The van der Waals surface area contributed by atoms with Crippen LogP contribution in [0.5, 0.6) is 5.75 Å². The van der Waals surface area contributed by atoms with Crippen LogP contribution in [0.1, 0.15) is 69.9 Å². The van der Waals surface area contributed by atoms with Crippen molar-refractivity contribution < 1.29 is 19.1 Å². The minimum atomic E-state index is -0.770. The van der Waals surface area contributed by atoms with E-state index in [1.807, 2.05) is 12.1 Å². The Labute approximate surface area is 167 Å². The Morgan fingerprint density at radius 2 is 1.93 bits per heavy atom. The van der Waals surface area contributed by atoms with Crippen LogP contribution in [0.15, 0.2) is 18.2 Å². The highest BCUT2D eigenvalue weighted by Crippen LogP contribution is 2.65. The molecule has 0 heterocycles. The molecule has 5 atom stereocenters. The van der Waals surface area contributed by atoms with E-state index in [1.54, 1.807) is 0 Å². The van der Waals surface area contributed by atoms with Gasteiger partial charge in [-0.25, -0.2) is 0 Å². The van der Waals surface area contributed by atoms with Crippen LogP contribution >= 0.6 is 0 Å². The number of benzene rings is 1. The lowest BCUT2D eigenvalue weighted by Gasteiger charge is -2.52. The van der Waals surface area contributed by atoms with Crippen molar-refractivity contribution in [3.8, 4) is 18.1 Å². The molecule has 0 aromatic heterocycles. The van der Waals surface area contributed by atoms with E-state index < -0.39 is 5.60 Å². The fourth-order valence-electron chi connectivity index (χ4n) is 6.47. The summed E-state index contributed by atoms with van der Waals surface area (Å²) < 4.78 is 11.1. The molecular formula is C24H28O4. The van der Waals surface area contributed by atoms with E-state index in [0.29, 0.717) is 23.5 Å². The third kappa shape index (κ3) is 2.75. The highest BCUT2D eigenvalue weighted by molar-refractivity contribution is 5.69. The molecular weight excluding hydrogens is 352 g/mol.